The SMILES string of the molecule is COc1cc(NC(C)c2cc(F)ccc2N2CCC(O)CC2)ccc1[N+](=O)[O-]. The van der Waals surface area contributed by atoms with E-state index in [1.165, 1.54) is 25.3 Å². The van der Waals surface area contributed by atoms with Crippen LogP contribution in [0.3, 0.4) is 0 Å². The molecular formula is C20H24FN3O4. The summed E-state index contributed by atoms with van der Waals surface area (Å²) in [7, 11) is 1.38. The summed E-state index contributed by atoms with van der Waals surface area (Å²) >= 11 is 0. The molecule has 1 aliphatic heterocycles. The molecule has 1 saturated heterocycles. The number of rotatable bonds is 6. The van der Waals surface area contributed by atoms with E-state index in [9.17, 15) is 19.6 Å². The van der Waals surface area contributed by atoms with Crippen LogP contribution in [0.5, 0.6) is 5.75 Å². The Hall–Kier alpha value is -2.87. The Bertz CT molecular complexity index is 853. The molecule has 8 heteroatoms. The third kappa shape index (κ3) is 4.33. The molecule has 0 bridgehead atoms. The molecule has 0 aliphatic carbocycles. The number of anilines is 2. The molecule has 0 aromatic heterocycles. The van der Waals surface area contributed by atoms with Crippen molar-refractivity contribution in [1.82, 2.24) is 0 Å². The van der Waals surface area contributed by atoms with Crippen molar-refractivity contribution in [3.63, 3.8) is 0 Å². The van der Waals surface area contributed by atoms with Crippen LogP contribution in [0.25, 0.3) is 0 Å². The highest BCUT2D eigenvalue weighted by molar-refractivity contribution is 5.61. The van der Waals surface area contributed by atoms with Gasteiger partial charge in [0.15, 0.2) is 5.75 Å². The first kappa shape index (κ1) is 19.9. The number of benzene rings is 2. The van der Waals surface area contributed by atoms with E-state index in [4.69, 9.17) is 4.74 Å². The fraction of sp³-hybridized carbons (Fsp3) is 0.400. The van der Waals surface area contributed by atoms with E-state index < -0.39 is 4.92 Å². The van der Waals surface area contributed by atoms with Crippen LogP contribution < -0.4 is 15.0 Å². The number of ether oxygens (including phenoxy) is 1. The van der Waals surface area contributed by atoms with Crippen molar-refractivity contribution < 1.29 is 19.2 Å². The summed E-state index contributed by atoms with van der Waals surface area (Å²) < 4.78 is 19.1. The zero-order chi connectivity index (χ0) is 20.3. The molecule has 28 heavy (non-hydrogen) atoms. The summed E-state index contributed by atoms with van der Waals surface area (Å²) in [6.45, 7) is 3.32. The fourth-order valence-corrected chi connectivity index (χ4v) is 3.51. The molecule has 2 N–H and O–H groups in total. The van der Waals surface area contributed by atoms with Gasteiger partial charge in [0.05, 0.1) is 24.2 Å². The number of nitrogens with zero attached hydrogens (tertiary/aromatic N) is 2. The highest BCUT2D eigenvalue weighted by Crippen LogP contribution is 2.34. The number of piperidine rings is 1. The highest BCUT2D eigenvalue weighted by Gasteiger charge is 2.22. The molecule has 2 aromatic rings. The molecule has 1 atom stereocenters. The lowest BCUT2D eigenvalue weighted by Gasteiger charge is -2.34. The number of methoxy groups -OCH3 is 1. The molecule has 150 valence electrons. The number of aliphatic hydroxyl groups is 1. The lowest BCUT2D eigenvalue weighted by Crippen LogP contribution is -2.36. The normalized spacial score (nSPS) is 15.9. The highest BCUT2D eigenvalue weighted by atomic mass is 19.1. The topological polar surface area (TPSA) is 87.9 Å². The molecule has 2 aromatic carbocycles. The van der Waals surface area contributed by atoms with E-state index in [1.54, 1.807) is 18.2 Å². The number of hydrogen-bond acceptors (Lipinski definition) is 6. The van der Waals surface area contributed by atoms with E-state index in [2.05, 4.69) is 10.2 Å². The molecule has 1 unspecified atom stereocenters. The maximum atomic E-state index is 14.0. The van der Waals surface area contributed by atoms with Crippen LogP contribution in [-0.2, 0) is 0 Å². The first-order chi connectivity index (χ1) is 13.4. The van der Waals surface area contributed by atoms with Gasteiger partial charge in [-0.2, -0.15) is 0 Å². The Kier molecular flexibility index (Phi) is 5.99. The number of aliphatic hydroxyl groups excluding tert-OH is 1. The van der Waals surface area contributed by atoms with Crippen molar-refractivity contribution in [3.05, 3.63) is 57.9 Å². The summed E-state index contributed by atoms with van der Waals surface area (Å²) in [5.74, 6) is -0.169. The minimum absolute atomic E-state index is 0.112. The van der Waals surface area contributed by atoms with Gasteiger partial charge >= 0.3 is 5.69 Å². The fourth-order valence-electron chi connectivity index (χ4n) is 3.51. The molecule has 0 amide bonds. The van der Waals surface area contributed by atoms with Crippen LogP contribution in [0.2, 0.25) is 0 Å². The summed E-state index contributed by atoms with van der Waals surface area (Å²) in [4.78, 5) is 12.7. The molecular weight excluding hydrogens is 365 g/mol. The molecule has 1 fully saturated rings. The van der Waals surface area contributed by atoms with E-state index >= 15 is 0 Å². The second-order valence-electron chi connectivity index (χ2n) is 6.93. The third-order valence-corrected chi connectivity index (χ3v) is 5.02. The number of nitrogens with one attached hydrogen (secondary N) is 1. The van der Waals surface area contributed by atoms with E-state index in [-0.39, 0.29) is 29.4 Å². The van der Waals surface area contributed by atoms with Crippen molar-refractivity contribution in [2.75, 3.05) is 30.4 Å². The van der Waals surface area contributed by atoms with Crippen molar-refractivity contribution >= 4 is 17.1 Å². The number of nitro benzene ring substituents is 1. The van der Waals surface area contributed by atoms with Gasteiger partial charge in [0, 0.05) is 42.2 Å². The minimum Gasteiger partial charge on any atom is -0.490 e. The smallest absolute Gasteiger partial charge is 0.311 e. The second kappa shape index (κ2) is 8.43. The van der Waals surface area contributed by atoms with Gasteiger partial charge in [-0.25, -0.2) is 4.39 Å². The van der Waals surface area contributed by atoms with Gasteiger partial charge in [-0.15, -0.1) is 0 Å². The lowest BCUT2D eigenvalue weighted by molar-refractivity contribution is -0.385. The Labute approximate surface area is 162 Å². The Morgan fingerprint density at radius 1 is 1.29 bits per heavy atom. The first-order valence-corrected chi connectivity index (χ1v) is 9.20. The number of hydrogen-bond donors (Lipinski definition) is 2. The summed E-state index contributed by atoms with van der Waals surface area (Å²) in [5, 5.41) is 24.1. The van der Waals surface area contributed by atoms with Crippen molar-refractivity contribution in [2.24, 2.45) is 0 Å². The summed E-state index contributed by atoms with van der Waals surface area (Å²) in [6, 6.07) is 9.00. The second-order valence-corrected chi connectivity index (χ2v) is 6.93. The van der Waals surface area contributed by atoms with Crippen molar-refractivity contribution in [1.29, 1.82) is 0 Å². The van der Waals surface area contributed by atoms with Gasteiger partial charge in [-0.05, 0) is 44.0 Å². The van der Waals surface area contributed by atoms with E-state index in [1.807, 2.05) is 6.92 Å². The van der Waals surface area contributed by atoms with Crippen LogP contribution in [0.1, 0.15) is 31.4 Å². The first-order valence-electron chi connectivity index (χ1n) is 9.20. The molecule has 1 heterocycles. The summed E-state index contributed by atoms with van der Waals surface area (Å²) in [5.41, 5.74) is 2.23. The van der Waals surface area contributed by atoms with Crippen LogP contribution in [0.15, 0.2) is 36.4 Å². The summed E-state index contributed by atoms with van der Waals surface area (Å²) in [6.07, 6.45) is 1.07. The Balaban J connectivity index is 1.85. The molecule has 1 aliphatic rings. The van der Waals surface area contributed by atoms with Crippen LogP contribution in [-0.4, -0.2) is 36.3 Å². The van der Waals surface area contributed by atoms with Gasteiger partial charge < -0.3 is 20.1 Å². The largest absolute Gasteiger partial charge is 0.490 e. The van der Waals surface area contributed by atoms with E-state index in [0.717, 1.165) is 11.3 Å². The predicted octanol–water partition coefficient (Wildman–Crippen LogP) is 3.88. The van der Waals surface area contributed by atoms with Gasteiger partial charge in [-0.1, -0.05) is 0 Å². The van der Waals surface area contributed by atoms with E-state index in [0.29, 0.717) is 31.6 Å². The third-order valence-electron chi connectivity index (χ3n) is 5.02. The predicted molar refractivity (Wildman–Crippen MR) is 106 cm³/mol. The maximum absolute atomic E-state index is 14.0. The Morgan fingerprint density at radius 3 is 2.64 bits per heavy atom. The number of halogens is 1. The monoisotopic (exact) mass is 389 g/mol. The van der Waals surface area contributed by atoms with Crippen molar-refractivity contribution in [2.45, 2.75) is 31.9 Å². The average Bonchev–Trinajstić information content (AvgIpc) is 2.68. The molecule has 3 rings (SSSR count). The van der Waals surface area contributed by atoms with Crippen LogP contribution >= 0.6 is 0 Å². The molecule has 7 nitrogen and oxygen atoms in total. The number of nitro groups is 1. The van der Waals surface area contributed by atoms with Gasteiger partial charge in [0.1, 0.15) is 5.82 Å². The zero-order valence-corrected chi connectivity index (χ0v) is 15.9. The quantitative estimate of drug-likeness (QED) is 0.576. The zero-order valence-electron chi connectivity index (χ0n) is 15.9. The molecule has 0 saturated carbocycles. The minimum atomic E-state index is -0.499. The Morgan fingerprint density at radius 2 is 2.00 bits per heavy atom. The molecule has 0 spiro atoms. The standard InChI is InChI=1S/C20H24FN3O4/c1-13(22-15-4-6-19(24(26)27)20(12-15)28-2)17-11-14(21)3-5-18(17)23-9-7-16(25)8-10-23/h3-6,11-13,16,22,25H,7-10H2,1-2H3. The lowest BCUT2D eigenvalue weighted by atomic mass is 10.0. The van der Waals surface area contributed by atoms with Crippen LogP contribution in [0, 0.1) is 15.9 Å². The van der Waals surface area contributed by atoms with Crippen LogP contribution in [0.4, 0.5) is 21.5 Å². The maximum Gasteiger partial charge on any atom is 0.311 e. The van der Waals surface area contributed by atoms with Gasteiger partial charge in [0.25, 0.3) is 0 Å². The van der Waals surface area contributed by atoms with Crippen molar-refractivity contribution in [3.8, 4) is 5.75 Å². The average molecular weight is 389 g/mol. The molecule has 0 radical (unpaired) electrons. The van der Waals surface area contributed by atoms with Gasteiger partial charge in [0.2, 0.25) is 0 Å². The van der Waals surface area contributed by atoms with Gasteiger partial charge in [-0.3, -0.25) is 10.1 Å².